The minimum atomic E-state index is -0.455. The summed E-state index contributed by atoms with van der Waals surface area (Å²) in [5, 5.41) is 10.8. The van der Waals surface area contributed by atoms with Crippen LogP contribution in [0, 0.1) is 5.92 Å². The van der Waals surface area contributed by atoms with Crippen molar-refractivity contribution in [2.45, 2.75) is 25.4 Å². The number of hydrogen-bond donors (Lipinski definition) is 1. The second-order valence-corrected chi connectivity index (χ2v) is 5.84. The molecular weight excluding hydrogens is 276 g/mol. The summed E-state index contributed by atoms with van der Waals surface area (Å²) >= 11 is 0. The number of fused-ring (bicyclic) bond motifs is 1. The highest BCUT2D eigenvalue weighted by Crippen LogP contribution is 2.41. The lowest BCUT2D eigenvalue weighted by molar-refractivity contribution is 0.0932. The molecule has 0 saturated heterocycles. The molecule has 0 radical (unpaired) electrons. The number of rotatable bonds is 4. The maximum atomic E-state index is 10.8. The monoisotopic (exact) mass is 298 g/mol. The molecule has 3 nitrogen and oxygen atoms in total. The van der Waals surface area contributed by atoms with Crippen LogP contribution in [0.2, 0.25) is 0 Å². The van der Waals surface area contributed by atoms with Crippen molar-refractivity contribution < 1.29 is 14.6 Å². The number of hydrogen-bond acceptors (Lipinski definition) is 3. The lowest BCUT2D eigenvalue weighted by Gasteiger charge is -2.31. The lowest BCUT2D eigenvalue weighted by atomic mass is 9.78. The van der Waals surface area contributed by atoms with Gasteiger partial charge in [0.2, 0.25) is 0 Å². The number of ether oxygens (including phenoxy) is 2. The average molecular weight is 298 g/mol. The molecule has 0 spiro atoms. The predicted octanol–water partition coefficient (Wildman–Crippen LogP) is 3.54. The van der Waals surface area contributed by atoms with Gasteiger partial charge in [0, 0.05) is 0 Å². The van der Waals surface area contributed by atoms with Crippen molar-refractivity contribution in [1.82, 2.24) is 0 Å². The van der Waals surface area contributed by atoms with E-state index in [-0.39, 0.29) is 5.92 Å². The zero-order valence-corrected chi connectivity index (χ0v) is 13.1. The smallest absolute Gasteiger partial charge is 0.161 e. The second kappa shape index (κ2) is 6.41. The Balaban J connectivity index is 1.87. The summed E-state index contributed by atoms with van der Waals surface area (Å²) in [5.74, 6) is 1.66. The summed E-state index contributed by atoms with van der Waals surface area (Å²) in [5.41, 5.74) is 3.41. The molecular formula is C19H22O3. The molecule has 3 rings (SSSR count). The van der Waals surface area contributed by atoms with Gasteiger partial charge in [-0.1, -0.05) is 30.3 Å². The van der Waals surface area contributed by atoms with Gasteiger partial charge in [0.25, 0.3) is 0 Å². The molecule has 0 saturated carbocycles. The standard InChI is InChI=1S/C19H22O3/c1-21-17-11-14-8-9-15(10-13-6-4-3-5-7-13)19(20)16(14)12-18(17)22-2/h3-7,11-12,15,19-20H,8-10H2,1-2H3. The van der Waals surface area contributed by atoms with Crippen LogP contribution in [0.15, 0.2) is 42.5 Å². The maximum Gasteiger partial charge on any atom is 0.161 e. The van der Waals surface area contributed by atoms with Crippen molar-refractivity contribution in [3.05, 3.63) is 59.2 Å². The van der Waals surface area contributed by atoms with Crippen molar-refractivity contribution in [3.8, 4) is 11.5 Å². The van der Waals surface area contributed by atoms with Crippen LogP contribution >= 0.6 is 0 Å². The van der Waals surface area contributed by atoms with E-state index in [9.17, 15) is 5.11 Å². The third-order valence-corrected chi connectivity index (χ3v) is 4.54. The van der Waals surface area contributed by atoms with E-state index in [2.05, 4.69) is 12.1 Å². The van der Waals surface area contributed by atoms with E-state index in [4.69, 9.17) is 9.47 Å². The molecule has 0 amide bonds. The van der Waals surface area contributed by atoms with E-state index in [0.717, 1.165) is 36.1 Å². The fourth-order valence-electron chi connectivity index (χ4n) is 3.31. The number of aryl methyl sites for hydroxylation is 1. The van der Waals surface area contributed by atoms with Gasteiger partial charge in [-0.15, -0.1) is 0 Å². The largest absolute Gasteiger partial charge is 0.493 e. The van der Waals surface area contributed by atoms with E-state index in [1.807, 2.05) is 30.3 Å². The Labute approximate surface area is 131 Å². The third-order valence-electron chi connectivity index (χ3n) is 4.54. The van der Waals surface area contributed by atoms with Gasteiger partial charge in [0.1, 0.15) is 0 Å². The van der Waals surface area contributed by atoms with Crippen LogP contribution < -0.4 is 9.47 Å². The zero-order chi connectivity index (χ0) is 15.5. The fraction of sp³-hybridized carbons (Fsp3) is 0.368. The predicted molar refractivity (Wildman–Crippen MR) is 86.5 cm³/mol. The Hall–Kier alpha value is -2.00. The van der Waals surface area contributed by atoms with Gasteiger partial charge >= 0.3 is 0 Å². The minimum Gasteiger partial charge on any atom is -0.493 e. The van der Waals surface area contributed by atoms with Gasteiger partial charge in [-0.05, 0) is 54.0 Å². The Morgan fingerprint density at radius 2 is 1.73 bits per heavy atom. The fourth-order valence-corrected chi connectivity index (χ4v) is 3.31. The summed E-state index contributed by atoms with van der Waals surface area (Å²) in [6.07, 6.45) is 2.39. The van der Waals surface area contributed by atoms with Gasteiger partial charge < -0.3 is 14.6 Å². The van der Waals surface area contributed by atoms with Crippen LogP contribution in [-0.2, 0) is 12.8 Å². The molecule has 1 aliphatic rings. The summed E-state index contributed by atoms with van der Waals surface area (Å²) in [4.78, 5) is 0. The third kappa shape index (κ3) is 2.81. The topological polar surface area (TPSA) is 38.7 Å². The summed E-state index contributed by atoms with van der Waals surface area (Å²) < 4.78 is 10.7. The van der Waals surface area contributed by atoms with E-state index >= 15 is 0 Å². The summed E-state index contributed by atoms with van der Waals surface area (Å²) in [6, 6.07) is 14.3. The number of methoxy groups -OCH3 is 2. The van der Waals surface area contributed by atoms with E-state index in [1.165, 1.54) is 5.56 Å². The molecule has 22 heavy (non-hydrogen) atoms. The molecule has 2 aromatic carbocycles. The van der Waals surface area contributed by atoms with E-state index in [0.29, 0.717) is 5.75 Å². The number of benzene rings is 2. The Kier molecular flexibility index (Phi) is 4.34. The van der Waals surface area contributed by atoms with Crippen LogP contribution in [0.4, 0.5) is 0 Å². The Morgan fingerprint density at radius 3 is 2.41 bits per heavy atom. The summed E-state index contributed by atoms with van der Waals surface area (Å²) in [6.45, 7) is 0. The highest BCUT2D eigenvalue weighted by molar-refractivity contribution is 5.49. The van der Waals surface area contributed by atoms with E-state index in [1.54, 1.807) is 14.2 Å². The molecule has 3 heteroatoms. The molecule has 2 atom stereocenters. The van der Waals surface area contributed by atoms with Crippen molar-refractivity contribution in [2.24, 2.45) is 5.92 Å². The first kappa shape index (κ1) is 14.9. The Morgan fingerprint density at radius 1 is 1.05 bits per heavy atom. The molecule has 1 aliphatic carbocycles. The average Bonchev–Trinajstić information content (AvgIpc) is 2.57. The molecule has 0 aliphatic heterocycles. The zero-order valence-electron chi connectivity index (χ0n) is 13.1. The molecule has 0 bridgehead atoms. The van der Waals surface area contributed by atoms with Gasteiger partial charge in [0.05, 0.1) is 20.3 Å². The highest BCUT2D eigenvalue weighted by Gasteiger charge is 2.29. The van der Waals surface area contributed by atoms with Crippen molar-refractivity contribution in [2.75, 3.05) is 14.2 Å². The highest BCUT2D eigenvalue weighted by atomic mass is 16.5. The molecule has 2 aromatic rings. The van der Waals surface area contributed by atoms with Crippen molar-refractivity contribution in [1.29, 1.82) is 0 Å². The quantitative estimate of drug-likeness (QED) is 0.938. The first-order chi connectivity index (χ1) is 10.7. The number of aliphatic hydroxyl groups is 1. The molecule has 0 aromatic heterocycles. The van der Waals surface area contributed by atoms with Gasteiger partial charge in [-0.3, -0.25) is 0 Å². The van der Waals surface area contributed by atoms with Crippen LogP contribution in [0.3, 0.4) is 0 Å². The van der Waals surface area contributed by atoms with Gasteiger partial charge in [-0.2, -0.15) is 0 Å². The van der Waals surface area contributed by atoms with Gasteiger partial charge in [-0.25, -0.2) is 0 Å². The van der Waals surface area contributed by atoms with Crippen LogP contribution in [-0.4, -0.2) is 19.3 Å². The molecule has 1 N–H and O–H groups in total. The van der Waals surface area contributed by atoms with Crippen LogP contribution in [0.25, 0.3) is 0 Å². The number of aliphatic hydroxyl groups excluding tert-OH is 1. The molecule has 116 valence electrons. The van der Waals surface area contributed by atoms with Crippen LogP contribution in [0.5, 0.6) is 11.5 Å². The van der Waals surface area contributed by atoms with Crippen molar-refractivity contribution >= 4 is 0 Å². The first-order valence-electron chi connectivity index (χ1n) is 7.69. The van der Waals surface area contributed by atoms with E-state index < -0.39 is 6.10 Å². The first-order valence-corrected chi connectivity index (χ1v) is 7.69. The van der Waals surface area contributed by atoms with Crippen molar-refractivity contribution in [3.63, 3.8) is 0 Å². The Bertz CT molecular complexity index is 637. The van der Waals surface area contributed by atoms with Gasteiger partial charge in [0.15, 0.2) is 11.5 Å². The minimum absolute atomic E-state index is 0.244. The SMILES string of the molecule is COc1cc2c(cc1OC)C(O)C(Cc1ccccc1)CC2. The molecule has 2 unspecified atom stereocenters. The lowest BCUT2D eigenvalue weighted by Crippen LogP contribution is -2.22. The van der Waals surface area contributed by atoms with Crippen LogP contribution in [0.1, 0.15) is 29.2 Å². The normalized spacial score (nSPS) is 20.3. The second-order valence-electron chi connectivity index (χ2n) is 5.84. The molecule has 0 heterocycles. The summed E-state index contributed by atoms with van der Waals surface area (Å²) in [7, 11) is 3.27. The molecule has 0 fully saturated rings. The maximum absolute atomic E-state index is 10.8.